The Labute approximate surface area is 144 Å². The minimum absolute atomic E-state index is 0.0256. The van der Waals surface area contributed by atoms with Crippen molar-refractivity contribution in [3.63, 3.8) is 0 Å². The molecule has 120 valence electrons. The van der Waals surface area contributed by atoms with E-state index >= 15 is 0 Å². The molecule has 3 aromatic rings. The third-order valence-electron chi connectivity index (χ3n) is 4.09. The molecule has 0 fully saturated rings. The standard InChI is InChI=1S/C19H16N2O2S/c1-13-20-17(12-24-13)14-4-6-18-15(11-14)8-9-21(18)19(22)7-5-16-3-2-10-23-16/h2-7,10-12H,8-9H2,1H3. The number of anilines is 1. The second kappa shape index (κ2) is 6.09. The van der Waals surface area contributed by atoms with Crippen LogP contribution in [0.3, 0.4) is 0 Å². The van der Waals surface area contributed by atoms with E-state index in [0.717, 1.165) is 28.4 Å². The number of benzene rings is 1. The van der Waals surface area contributed by atoms with Gasteiger partial charge in [0.2, 0.25) is 0 Å². The van der Waals surface area contributed by atoms with E-state index in [1.165, 1.54) is 5.56 Å². The summed E-state index contributed by atoms with van der Waals surface area (Å²) in [5, 5.41) is 3.13. The third-order valence-corrected chi connectivity index (χ3v) is 4.86. The summed E-state index contributed by atoms with van der Waals surface area (Å²) < 4.78 is 5.22. The highest BCUT2D eigenvalue weighted by molar-refractivity contribution is 7.09. The number of aryl methyl sites for hydroxylation is 1. The van der Waals surface area contributed by atoms with Crippen molar-refractivity contribution in [2.24, 2.45) is 0 Å². The molecule has 0 N–H and O–H groups in total. The number of furan rings is 1. The Morgan fingerprint density at radius 3 is 3.04 bits per heavy atom. The van der Waals surface area contributed by atoms with Gasteiger partial charge in [-0.1, -0.05) is 6.07 Å². The Bertz CT molecular complexity index is 909. The van der Waals surface area contributed by atoms with Gasteiger partial charge < -0.3 is 9.32 Å². The number of hydrogen-bond acceptors (Lipinski definition) is 4. The van der Waals surface area contributed by atoms with Crippen LogP contribution in [-0.2, 0) is 11.2 Å². The lowest BCUT2D eigenvalue weighted by atomic mass is 10.1. The molecule has 0 radical (unpaired) electrons. The van der Waals surface area contributed by atoms with Gasteiger partial charge in [-0.15, -0.1) is 11.3 Å². The van der Waals surface area contributed by atoms with E-state index in [1.807, 2.05) is 30.0 Å². The highest BCUT2D eigenvalue weighted by Gasteiger charge is 2.23. The Balaban J connectivity index is 1.57. The molecule has 0 spiro atoms. The maximum Gasteiger partial charge on any atom is 0.251 e. The van der Waals surface area contributed by atoms with Crippen LogP contribution < -0.4 is 4.90 Å². The zero-order chi connectivity index (χ0) is 16.5. The van der Waals surface area contributed by atoms with E-state index in [-0.39, 0.29) is 5.91 Å². The van der Waals surface area contributed by atoms with Crippen LogP contribution in [0.2, 0.25) is 0 Å². The number of amides is 1. The summed E-state index contributed by atoms with van der Waals surface area (Å²) in [4.78, 5) is 18.8. The molecule has 0 saturated heterocycles. The molecule has 4 nitrogen and oxygen atoms in total. The predicted octanol–water partition coefficient (Wildman–Crippen LogP) is 4.31. The van der Waals surface area contributed by atoms with Gasteiger partial charge in [0.1, 0.15) is 5.76 Å². The highest BCUT2D eigenvalue weighted by atomic mass is 32.1. The molecule has 0 bridgehead atoms. The van der Waals surface area contributed by atoms with Crippen LogP contribution in [0.25, 0.3) is 17.3 Å². The Hall–Kier alpha value is -2.66. The number of carbonyl (C=O) groups is 1. The number of hydrogen-bond donors (Lipinski definition) is 0. The number of fused-ring (bicyclic) bond motifs is 1. The minimum atomic E-state index is -0.0256. The van der Waals surface area contributed by atoms with Crippen molar-refractivity contribution in [1.82, 2.24) is 4.98 Å². The second-order valence-electron chi connectivity index (χ2n) is 5.68. The Morgan fingerprint density at radius 2 is 2.29 bits per heavy atom. The molecule has 0 atom stereocenters. The molecular weight excluding hydrogens is 320 g/mol. The fraction of sp³-hybridized carbons (Fsp3) is 0.158. The molecule has 1 aromatic carbocycles. The minimum Gasteiger partial charge on any atom is -0.465 e. The number of aromatic nitrogens is 1. The zero-order valence-corrected chi connectivity index (χ0v) is 14.0. The van der Waals surface area contributed by atoms with Crippen molar-refractivity contribution in [2.45, 2.75) is 13.3 Å². The topological polar surface area (TPSA) is 46.3 Å². The average Bonchev–Trinajstić information content (AvgIpc) is 3.32. The SMILES string of the molecule is Cc1nc(-c2ccc3c(c2)CCN3C(=O)C=Cc2ccco2)cs1. The van der Waals surface area contributed by atoms with E-state index in [9.17, 15) is 4.79 Å². The quantitative estimate of drug-likeness (QED) is 0.669. The van der Waals surface area contributed by atoms with E-state index in [0.29, 0.717) is 12.3 Å². The van der Waals surface area contributed by atoms with Crippen LogP contribution >= 0.6 is 11.3 Å². The van der Waals surface area contributed by atoms with Crippen LogP contribution in [0.1, 0.15) is 16.3 Å². The van der Waals surface area contributed by atoms with E-state index in [2.05, 4.69) is 16.4 Å². The van der Waals surface area contributed by atoms with Crippen molar-refractivity contribution >= 4 is 29.0 Å². The summed E-state index contributed by atoms with van der Waals surface area (Å²) in [6.45, 7) is 2.71. The lowest BCUT2D eigenvalue weighted by Crippen LogP contribution is -2.26. The fourth-order valence-corrected chi connectivity index (χ4v) is 3.54. The van der Waals surface area contributed by atoms with Crippen molar-refractivity contribution in [1.29, 1.82) is 0 Å². The maximum absolute atomic E-state index is 12.4. The molecule has 0 aliphatic carbocycles. The smallest absolute Gasteiger partial charge is 0.251 e. The van der Waals surface area contributed by atoms with Gasteiger partial charge in [-0.3, -0.25) is 4.79 Å². The molecule has 5 heteroatoms. The predicted molar refractivity (Wildman–Crippen MR) is 96.1 cm³/mol. The third kappa shape index (κ3) is 2.78. The zero-order valence-electron chi connectivity index (χ0n) is 13.2. The largest absolute Gasteiger partial charge is 0.465 e. The summed E-state index contributed by atoms with van der Waals surface area (Å²) in [5.74, 6) is 0.652. The first-order valence-electron chi connectivity index (χ1n) is 7.79. The summed E-state index contributed by atoms with van der Waals surface area (Å²) in [6.07, 6.45) is 5.72. The van der Waals surface area contributed by atoms with Crippen molar-refractivity contribution in [3.8, 4) is 11.3 Å². The number of nitrogens with zero attached hydrogens (tertiary/aromatic N) is 2. The van der Waals surface area contributed by atoms with E-state index < -0.39 is 0 Å². The summed E-state index contributed by atoms with van der Waals surface area (Å²) in [7, 11) is 0. The molecule has 3 heterocycles. The normalized spacial score (nSPS) is 13.6. The molecular formula is C19H16N2O2S. The first-order chi connectivity index (χ1) is 11.7. The van der Waals surface area contributed by atoms with Gasteiger partial charge in [-0.2, -0.15) is 0 Å². The van der Waals surface area contributed by atoms with Gasteiger partial charge in [0, 0.05) is 29.3 Å². The van der Waals surface area contributed by atoms with Crippen molar-refractivity contribution < 1.29 is 9.21 Å². The average molecular weight is 336 g/mol. The first kappa shape index (κ1) is 14.9. The van der Waals surface area contributed by atoms with Crippen LogP contribution in [0.15, 0.2) is 52.5 Å². The van der Waals surface area contributed by atoms with E-state index in [4.69, 9.17) is 4.42 Å². The van der Waals surface area contributed by atoms with Gasteiger partial charge >= 0.3 is 0 Å². The number of rotatable bonds is 3. The molecule has 1 amide bonds. The summed E-state index contributed by atoms with van der Waals surface area (Å²) in [5.41, 5.74) is 4.29. The molecule has 0 unspecified atom stereocenters. The first-order valence-corrected chi connectivity index (χ1v) is 8.67. The summed E-state index contributed by atoms with van der Waals surface area (Å²) >= 11 is 1.65. The van der Waals surface area contributed by atoms with Gasteiger partial charge in [-0.25, -0.2) is 4.98 Å². The second-order valence-corrected chi connectivity index (χ2v) is 6.75. The van der Waals surface area contributed by atoms with Crippen LogP contribution in [-0.4, -0.2) is 17.4 Å². The lowest BCUT2D eigenvalue weighted by Gasteiger charge is -2.15. The monoisotopic (exact) mass is 336 g/mol. The molecule has 24 heavy (non-hydrogen) atoms. The van der Waals surface area contributed by atoms with Gasteiger partial charge in [0.25, 0.3) is 5.91 Å². The Morgan fingerprint density at radius 1 is 1.38 bits per heavy atom. The van der Waals surface area contributed by atoms with Crippen LogP contribution in [0, 0.1) is 6.92 Å². The van der Waals surface area contributed by atoms with Crippen molar-refractivity contribution in [3.05, 3.63) is 64.4 Å². The fourth-order valence-electron chi connectivity index (χ4n) is 2.92. The number of thiazole rings is 1. The molecule has 1 aliphatic heterocycles. The maximum atomic E-state index is 12.4. The summed E-state index contributed by atoms with van der Waals surface area (Å²) in [6, 6.07) is 9.83. The number of carbonyl (C=O) groups excluding carboxylic acids is 1. The van der Waals surface area contributed by atoms with E-state index in [1.54, 1.807) is 35.8 Å². The molecule has 1 aliphatic rings. The van der Waals surface area contributed by atoms with Gasteiger partial charge in [0.15, 0.2) is 0 Å². The Kier molecular flexibility index (Phi) is 3.78. The molecule has 2 aromatic heterocycles. The molecule has 0 saturated carbocycles. The lowest BCUT2D eigenvalue weighted by molar-refractivity contribution is -0.114. The van der Waals surface area contributed by atoms with Gasteiger partial charge in [0.05, 0.1) is 17.0 Å². The molecule has 4 rings (SSSR count). The van der Waals surface area contributed by atoms with Crippen molar-refractivity contribution in [2.75, 3.05) is 11.4 Å². The van der Waals surface area contributed by atoms with Crippen LogP contribution in [0.4, 0.5) is 5.69 Å². The highest BCUT2D eigenvalue weighted by Crippen LogP contribution is 2.32. The van der Waals surface area contributed by atoms with Crippen LogP contribution in [0.5, 0.6) is 0 Å². The van der Waals surface area contributed by atoms with Gasteiger partial charge in [-0.05, 0) is 49.2 Å².